The first kappa shape index (κ1) is 20.3. The first-order valence-electron chi connectivity index (χ1n) is 9.16. The normalized spacial score (nSPS) is 22.3. The minimum Gasteiger partial charge on any atom is -0.150 e. The molecule has 0 radical (unpaired) electrons. The van der Waals surface area contributed by atoms with Gasteiger partial charge in [0, 0.05) is 5.92 Å². The van der Waals surface area contributed by atoms with E-state index in [4.69, 9.17) is 0 Å². The quantitative estimate of drug-likeness (QED) is 0.184. The molecule has 0 N–H and O–H groups in total. The van der Waals surface area contributed by atoms with E-state index in [0.29, 0.717) is 0 Å². The Bertz CT molecular complexity index is 476. The third kappa shape index (κ3) is 6.71. The average molecular weight is 335 g/mol. The monoisotopic (exact) mass is 335 g/mol. The van der Waals surface area contributed by atoms with Gasteiger partial charge in [-0.3, -0.25) is 0 Å². The molecular weight excluding hydrogens is 301 g/mol. The average Bonchev–Trinajstić information content (AvgIpc) is 2.54. The summed E-state index contributed by atoms with van der Waals surface area (Å²) in [6.45, 7) is 8.70. The topological polar surface area (TPSA) is 29.4 Å². The second-order valence-corrected chi connectivity index (χ2v) is 7.50. The first-order chi connectivity index (χ1) is 11.0. The van der Waals surface area contributed by atoms with E-state index in [9.17, 15) is 4.91 Å². The van der Waals surface area contributed by atoms with Crippen LogP contribution in [0.3, 0.4) is 0 Å². The zero-order valence-electron chi connectivity index (χ0n) is 15.4. The lowest BCUT2D eigenvalue weighted by molar-refractivity contribution is 0.574. The Labute approximate surface area is 145 Å². The van der Waals surface area contributed by atoms with Crippen LogP contribution in [0.5, 0.6) is 0 Å². The summed E-state index contributed by atoms with van der Waals surface area (Å²) in [6.07, 6.45) is 14.3. The fourth-order valence-electron chi connectivity index (χ4n) is 3.19. The summed E-state index contributed by atoms with van der Waals surface area (Å²) < 4.78 is 0. The molecule has 130 valence electrons. The maximum absolute atomic E-state index is 11.0. The van der Waals surface area contributed by atoms with Gasteiger partial charge in [0.05, 0.1) is 0 Å². The van der Waals surface area contributed by atoms with E-state index in [-0.39, 0.29) is 12.0 Å². The largest absolute Gasteiger partial charge is 0.150 e. The van der Waals surface area contributed by atoms with Crippen LogP contribution in [0.15, 0.2) is 39.4 Å². The zero-order valence-corrected chi connectivity index (χ0v) is 16.6. The van der Waals surface area contributed by atoms with Gasteiger partial charge in [-0.15, -0.1) is 9.24 Å². The van der Waals surface area contributed by atoms with Gasteiger partial charge in [-0.25, -0.2) is 0 Å². The van der Waals surface area contributed by atoms with Gasteiger partial charge in [-0.05, 0) is 56.8 Å². The van der Waals surface area contributed by atoms with Gasteiger partial charge < -0.3 is 0 Å². The van der Waals surface area contributed by atoms with E-state index < -0.39 is 0 Å². The minimum absolute atomic E-state index is 0.180. The summed E-state index contributed by atoms with van der Waals surface area (Å²) >= 11 is 0. The number of hydrogen-bond acceptors (Lipinski definition) is 2. The van der Waals surface area contributed by atoms with Crippen molar-refractivity contribution in [1.29, 1.82) is 0 Å². The zero-order chi connectivity index (χ0) is 17.2. The second-order valence-electron chi connectivity index (χ2n) is 6.93. The highest BCUT2D eigenvalue weighted by atomic mass is 31.0. The summed E-state index contributed by atoms with van der Waals surface area (Å²) in [7, 11) is 2.86. The smallest absolute Gasteiger partial charge is 0.117 e. The molecule has 0 saturated carbocycles. The Balaban J connectivity index is 2.30. The molecule has 2 nitrogen and oxygen atoms in total. The van der Waals surface area contributed by atoms with Crippen LogP contribution in [0.25, 0.3) is 0 Å². The van der Waals surface area contributed by atoms with Crippen LogP contribution in [0.1, 0.15) is 79.1 Å². The van der Waals surface area contributed by atoms with Gasteiger partial charge in [0.2, 0.25) is 0 Å². The number of unbranched alkanes of at least 4 members (excludes halogenated alkanes) is 4. The van der Waals surface area contributed by atoms with Gasteiger partial charge in [-0.2, -0.15) is 4.91 Å². The van der Waals surface area contributed by atoms with Crippen molar-refractivity contribution in [2.75, 3.05) is 0 Å². The number of hydrogen-bond donors (Lipinski definition) is 0. The molecule has 0 heterocycles. The van der Waals surface area contributed by atoms with Crippen molar-refractivity contribution in [2.45, 2.75) is 85.1 Å². The summed E-state index contributed by atoms with van der Waals surface area (Å²) in [6, 6.07) is -0.180. The van der Waals surface area contributed by atoms with Gasteiger partial charge >= 0.3 is 0 Å². The molecule has 23 heavy (non-hydrogen) atoms. The molecule has 0 amide bonds. The van der Waals surface area contributed by atoms with E-state index in [1.807, 2.05) is 0 Å². The number of rotatable bonds is 10. The number of allylic oxidation sites excluding steroid dienone is 4. The lowest BCUT2D eigenvalue weighted by Gasteiger charge is -2.26. The number of nitrogens with zero attached hydrogens (tertiary/aromatic N) is 1. The highest BCUT2D eigenvalue weighted by molar-refractivity contribution is 7.23. The molecule has 3 unspecified atom stereocenters. The Morgan fingerprint density at radius 3 is 2.65 bits per heavy atom. The summed E-state index contributed by atoms with van der Waals surface area (Å²) in [4.78, 5) is 11.0. The lowest BCUT2D eigenvalue weighted by atomic mass is 9.85. The summed E-state index contributed by atoms with van der Waals surface area (Å²) in [5.41, 5.74) is 4.15. The standard InChI is InChI=1S/C20H34NOP/c1-5-11-15(2)12-9-7-6-8-10-13-18-14-19(21-22)16(3)17(4)20(18)23/h12,14,16,19H,5-11,13,23H2,1-4H3/b15-12+. The van der Waals surface area contributed by atoms with E-state index in [0.717, 1.165) is 6.42 Å². The molecule has 0 aromatic rings. The van der Waals surface area contributed by atoms with Gasteiger partial charge in [0.15, 0.2) is 0 Å². The predicted molar refractivity (Wildman–Crippen MR) is 106 cm³/mol. The van der Waals surface area contributed by atoms with Crippen molar-refractivity contribution in [3.8, 4) is 0 Å². The van der Waals surface area contributed by atoms with Gasteiger partial charge in [0.1, 0.15) is 6.04 Å². The molecule has 0 saturated heterocycles. The number of nitroso groups, excluding NO2 is 1. The summed E-state index contributed by atoms with van der Waals surface area (Å²) in [5.74, 6) is 0.238. The van der Waals surface area contributed by atoms with E-state index in [2.05, 4.69) is 54.3 Å². The third-order valence-electron chi connectivity index (χ3n) is 5.00. The Morgan fingerprint density at radius 2 is 2.00 bits per heavy atom. The van der Waals surface area contributed by atoms with Gasteiger partial charge in [-0.1, -0.05) is 61.6 Å². The Morgan fingerprint density at radius 1 is 1.30 bits per heavy atom. The van der Waals surface area contributed by atoms with E-state index in [1.165, 1.54) is 67.0 Å². The van der Waals surface area contributed by atoms with Crippen LogP contribution in [-0.2, 0) is 0 Å². The van der Waals surface area contributed by atoms with Gasteiger partial charge in [0.25, 0.3) is 0 Å². The predicted octanol–water partition coefficient (Wildman–Crippen LogP) is 6.93. The van der Waals surface area contributed by atoms with Crippen molar-refractivity contribution in [3.63, 3.8) is 0 Å². The van der Waals surface area contributed by atoms with Crippen LogP contribution in [0.4, 0.5) is 0 Å². The Hall–Kier alpha value is -0.750. The maximum Gasteiger partial charge on any atom is 0.117 e. The molecule has 1 rings (SSSR count). The van der Waals surface area contributed by atoms with Crippen molar-refractivity contribution in [3.05, 3.63) is 39.1 Å². The fraction of sp³-hybridized carbons (Fsp3) is 0.700. The van der Waals surface area contributed by atoms with Crippen molar-refractivity contribution in [2.24, 2.45) is 11.1 Å². The maximum atomic E-state index is 11.0. The molecule has 3 heteroatoms. The highest BCUT2D eigenvalue weighted by Crippen LogP contribution is 2.37. The van der Waals surface area contributed by atoms with Crippen LogP contribution < -0.4 is 0 Å². The van der Waals surface area contributed by atoms with Crippen LogP contribution >= 0.6 is 9.24 Å². The fourth-order valence-corrected chi connectivity index (χ4v) is 3.70. The summed E-state index contributed by atoms with van der Waals surface area (Å²) in [5, 5.41) is 4.59. The first-order valence-corrected chi connectivity index (χ1v) is 9.74. The second kappa shape index (κ2) is 10.9. The SMILES string of the molecule is CCC/C(C)=C/CCCCCCC1=CC(N=O)C(C)C(C)=C1P. The molecular formula is C20H34NOP. The molecule has 0 bridgehead atoms. The van der Waals surface area contributed by atoms with E-state index in [1.54, 1.807) is 0 Å². The van der Waals surface area contributed by atoms with Crippen molar-refractivity contribution in [1.82, 2.24) is 0 Å². The molecule has 3 atom stereocenters. The van der Waals surface area contributed by atoms with Crippen molar-refractivity contribution >= 4 is 9.24 Å². The van der Waals surface area contributed by atoms with Crippen LogP contribution in [0.2, 0.25) is 0 Å². The molecule has 1 aliphatic carbocycles. The van der Waals surface area contributed by atoms with Crippen LogP contribution in [0, 0.1) is 10.8 Å². The lowest BCUT2D eigenvalue weighted by Crippen LogP contribution is -2.19. The van der Waals surface area contributed by atoms with Crippen molar-refractivity contribution < 1.29 is 0 Å². The molecule has 0 fully saturated rings. The molecule has 0 aromatic heterocycles. The third-order valence-corrected chi connectivity index (χ3v) is 5.82. The molecule has 0 aromatic carbocycles. The minimum atomic E-state index is -0.180. The molecule has 1 aliphatic rings. The van der Waals surface area contributed by atoms with Crippen LogP contribution in [-0.4, -0.2) is 6.04 Å². The Kier molecular flexibility index (Phi) is 9.63. The van der Waals surface area contributed by atoms with E-state index >= 15 is 0 Å². The highest BCUT2D eigenvalue weighted by Gasteiger charge is 2.25. The molecule has 0 spiro atoms. The molecule has 0 aliphatic heterocycles.